The van der Waals surface area contributed by atoms with Gasteiger partial charge in [0.15, 0.2) is 5.16 Å². The highest BCUT2D eigenvalue weighted by Gasteiger charge is 2.45. The van der Waals surface area contributed by atoms with E-state index in [1.165, 1.54) is 11.8 Å². The van der Waals surface area contributed by atoms with Gasteiger partial charge >= 0.3 is 0 Å². The highest BCUT2D eigenvalue weighted by atomic mass is 35.5. The molecule has 0 aliphatic carbocycles. The molecule has 0 N–H and O–H groups in total. The maximum Gasteiger partial charge on any atom is 0.215 e. The van der Waals surface area contributed by atoms with E-state index in [-0.39, 0.29) is 6.10 Å². The van der Waals surface area contributed by atoms with Gasteiger partial charge in [-0.3, -0.25) is 0 Å². The molecule has 0 bridgehead atoms. The van der Waals surface area contributed by atoms with Crippen LogP contribution in [-0.4, -0.2) is 45.1 Å². The third-order valence-corrected chi connectivity index (χ3v) is 6.66. The molecule has 0 radical (unpaired) electrons. The lowest BCUT2D eigenvalue weighted by Crippen LogP contribution is -2.34. The smallest absolute Gasteiger partial charge is 0.215 e. The van der Waals surface area contributed by atoms with Crippen LogP contribution in [0, 0.1) is 0 Å². The van der Waals surface area contributed by atoms with Gasteiger partial charge < -0.3 is 18.8 Å². The molecule has 180 valence electrons. The zero-order chi connectivity index (χ0) is 24.3. The maximum atomic E-state index is 6.53. The second-order valence-electron chi connectivity index (χ2n) is 7.93. The van der Waals surface area contributed by atoms with Gasteiger partial charge in [0, 0.05) is 34.7 Å². The molecular weight excluding hydrogens is 507 g/mol. The van der Waals surface area contributed by atoms with Crippen molar-refractivity contribution in [2.75, 3.05) is 19.5 Å². The van der Waals surface area contributed by atoms with Gasteiger partial charge in [-0.05, 0) is 48.7 Å². The molecular formula is C25H22Cl2N4O3S. The molecule has 1 saturated heterocycles. The monoisotopic (exact) mass is 528 g/mol. The van der Waals surface area contributed by atoms with E-state index in [9.17, 15) is 0 Å². The lowest BCUT2D eigenvalue weighted by atomic mass is 10.1. The Morgan fingerprint density at radius 3 is 2.74 bits per heavy atom. The maximum absolute atomic E-state index is 6.53. The molecule has 7 nitrogen and oxygen atoms in total. The molecule has 2 aromatic carbocycles. The van der Waals surface area contributed by atoms with E-state index in [1.807, 2.05) is 53.4 Å². The van der Waals surface area contributed by atoms with Crippen molar-refractivity contribution in [1.82, 2.24) is 19.5 Å². The second kappa shape index (κ2) is 10.6. The van der Waals surface area contributed by atoms with Crippen molar-refractivity contribution in [3.63, 3.8) is 0 Å². The molecule has 0 amide bonds. The highest BCUT2D eigenvalue weighted by Crippen LogP contribution is 2.40. The van der Waals surface area contributed by atoms with E-state index in [2.05, 4.69) is 15.0 Å². The van der Waals surface area contributed by atoms with Gasteiger partial charge in [-0.25, -0.2) is 15.0 Å². The summed E-state index contributed by atoms with van der Waals surface area (Å²) in [7, 11) is 0. The van der Waals surface area contributed by atoms with Gasteiger partial charge in [-0.15, -0.1) is 0 Å². The Labute approximate surface area is 217 Å². The van der Waals surface area contributed by atoms with E-state index in [0.29, 0.717) is 35.4 Å². The van der Waals surface area contributed by atoms with Crippen molar-refractivity contribution in [3.05, 3.63) is 89.1 Å². The largest absolute Gasteiger partial charge is 0.491 e. The van der Waals surface area contributed by atoms with Crippen LogP contribution in [0.25, 0.3) is 11.3 Å². The Kier molecular flexibility index (Phi) is 7.27. The molecule has 1 aliphatic rings. The second-order valence-corrected chi connectivity index (χ2v) is 9.54. The zero-order valence-electron chi connectivity index (χ0n) is 18.8. The predicted molar refractivity (Wildman–Crippen MR) is 136 cm³/mol. The lowest BCUT2D eigenvalue weighted by molar-refractivity contribution is -0.189. The number of aromatic nitrogens is 4. The molecule has 5 rings (SSSR count). The quantitative estimate of drug-likeness (QED) is 0.214. The molecule has 2 atom stereocenters. The predicted octanol–water partition coefficient (Wildman–Crippen LogP) is 5.72. The number of ether oxygens (including phenoxy) is 3. The minimum atomic E-state index is -1.08. The number of hydrogen-bond donors (Lipinski definition) is 0. The zero-order valence-corrected chi connectivity index (χ0v) is 21.1. The first-order valence-corrected chi connectivity index (χ1v) is 12.9. The SMILES string of the molecule is CSc1nccc(-c2ccc(OCC3COC(Cn4ccnc4)(c4ccc(Cl)cc4Cl)O3)cc2)n1. The van der Waals surface area contributed by atoms with Gasteiger partial charge in [-0.2, -0.15) is 0 Å². The Balaban J connectivity index is 1.28. The summed E-state index contributed by atoms with van der Waals surface area (Å²) in [5.41, 5.74) is 2.57. The van der Waals surface area contributed by atoms with Crippen molar-refractivity contribution < 1.29 is 14.2 Å². The van der Waals surface area contributed by atoms with Crippen LogP contribution in [0.5, 0.6) is 5.75 Å². The van der Waals surface area contributed by atoms with Crippen LogP contribution in [-0.2, 0) is 21.8 Å². The van der Waals surface area contributed by atoms with Gasteiger partial charge in [0.1, 0.15) is 18.5 Å². The molecule has 2 aromatic heterocycles. The van der Waals surface area contributed by atoms with Crippen molar-refractivity contribution in [1.29, 1.82) is 0 Å². The first kappa shape index (κ1) is 24.1. The fraction of sp³-hybridized carbons (Fsp3) is 0.240. The molecule has 0 spiro atoms. The average molecular weight is 529 g/mol. The summed E-state index contributed by atoms with van der Waals surface area (Å²) in [6.45, 7) is 1.06. The third-order valence-electron chi connectivity index (χ3n) is 5.55. The number of hydrogen-bond acceptors (Lipinski definition) is 7. The molecule has 2 unspecified atom stereocenters. The van der Waals surface area contributed by atoms with Crippen LogP contribution >= 0.6 is 35.0 Å². The summed E-state index contributed by atoms with van der Waals surface area (Å²) in [5, 5.41) is 1.76. The van der Waals surface area contributed by atoms with E-state index >= 15 is 0 Å². The first-order chi connectivity index (χ1) is 17.0. The van der Waals surface area contributed by atoms with Crippen LogP contribution in [0.4, 0.5) is 0 Å². The fourth-order valence-corrected chi connectivity index (χ4v) is 4.79. The average Bonchev–Trinajstić information content (AvgIpc) is 3.54. The number of rotatable bonds is 8. The minimum absolute atomic E-state index is 0.295. The Morgan fingerprint density at radius 1 is 1.14 bits per heavy atom. The van der Waals surface area contributed by atoms with Gasteiger partial charge in [0.2, 0.25) is 5.79 Å². The molecule has 35 heavy (non-hydrogen) atoms. The van der Waals surface area contributed by atoms with Crippen LogP contribution < -0.4 is 4.74 Å². The molecule has 0 saturated carbocycles. The number of thioether (sulfide) groups is 1. The molecule has 10 heteroatoms. The highest BCUT2D eigenvalue weighted by molar-refractivity contribution is 7.98. The summed E-state index contributed by atoms with van der Waals surface area (Å²) in [4.78, 5) is 12.9. The Morgan fingerprint density at radius 2 is 2.00 bits per heavy atom. The van der Waals surface area contributed by atoms with E-state index < -0.39 is 5.79 Å². The lowest BCUT2D eigenvalue weighted by Gasteiger charge is -2.30. The van der Waals surface area contributed by atoms with Crippen LogP contribution in [0.2, 0.25) is 10.0 Å². The standard InChI is InChI=1S/C25H22Cl2N4O3S/c1-35-24-29-9-8-23(30-24)17-2-5-19(6-3-17)32-13-20-14-33-25(34-20,15-31-11-10-28-16-31)21-7-4-18(26)12-22(21)27/h2-12,16,20H,13-15H2,1H3. The number of imidazole rings is 1. The third kappa shape index (κ3) is 5.47. The topological polar surface area (TPSA) is 71.3 Å². The van der Waals surface area contributed by atoms with Gasteiger partial charge in [0.05, 0.1) is 30.2 Å². The van der Waals surface area contributed by atoms with Crippen LogP contribution in [0.1, 0.15) is 5.56 Å². The number of halogens is 2. The van der Waals surface area contributed by atoms with Gasteiger partial charge in [-0.1, -0.05) is 41.0 Å². The van der Waals surface area contributed by atoms with Crippen molar-refractivity contribution in [3.8, 4) is 17.0 Å². The summed E-state index contributed by atoms with van der Waals surface area (Å²) in [5.74, 6) is -0.351. The van der Waals surface area contributed by atoms with Crippen molar-refractivity contribution in [2.45, 2.75) is 23.6 Å². The molecule has 4 aromatic rings. The summed E-state index contributed by atoms with van der Waals surface area (Å²) in [6, 6.07) is 15.0. The normalized spacial score (nSPS) is 19.7. The minimum Gasteiger partial charge on any atom is -0.491 e. The number of nitrogens with zero attached hydrogens (tertiary/aromatic N) is 4. The first-order valence-electron chi connectivity index (χ1n) is 10.9. The fourth-order valence-electron chi connectivity index (χ4n) is 3.89. The number of benzene rings is 2. The van der Waals surface area contributed by atoms with Crippen LogP contribution in [0.3, 0.4) is 0 Å². The van der Waals surface area contributed by atoms with Crippen molar-refractivity contribution in [2.24, 2.45) is 0 Å². The van der Waals surface area contributed by atoms with E-state index in [0.717, 1.165) is 22.2 Å². The molecule has 1 fully saturated rings. The Bertz CT molecular complexity index is 1290. The van der Waals surface area contributed by atoms with E-state index in [1.54, 1.807) is 30.9 Å². The summed E-state index contributed by atoms with van der Waals surface area (Å²) < 4.78 is 20.6. The Hall–Kier alpha value is -2.62. The molecule has 3 heterocycles. The van der Waals surface area contributed by atoms with E-state index in [4.69, 9.17) is 37.4 Å². The van der Waals surface area contributed by atoms with Gasteiger partial charge in [0.25, 0.3) is 0 Å². The van der Waals surface area contributed by atoms with Crippen molar-refractivity contribution >= 4 is 35.0 Å². The summed E-state index contributed by atoms with van der Waals surface area (Å²) in [6.07, 6.45) is 8.69. The molecule has 1 aliphatic heterocycles. The summed E-state index contributed by atoms with van der Waals surface area (Å²) >= 11 is 14.2. The van der Waals surface area contributed by atoms with Crippen LogP contribution in [0.15, 0.2) is 78.6 Å².